The van der Waals surface area contributed by atoms with Gasteiger partial charge in [-0.1, -0.05) is 11.6 Å². The molecule has 2 aromatic heterocycles. The molecule has 0 radical (unpaired) electrons. The van der Waals surface area contributed by atoms with Gasteiger partial charge in [-0.2, -0.15) is 15.3 Å². The van der Waals surface area contributed by atoms with E-state index in [1.165, 1.54) is 0 Å². The predicted molar refractivity (Wildman–Crippen MR) is 77.8 cm³/mol. The molecule has 0 spiro atoms. The summed E-state index contributed by atoms with van der Waals surface area (Å²) in [7, 11) is 0. The molecule has 20 heavy (non-hydrogen) atoms. The van der Waals surface area contributed by atoms with E-state index in [0.29, 0.717) is 11.4 Å². The van der Waals surface area contributed by atoms with E-state index < -0.39 is 6.10 Å². The van der Waals surface area contributed by atoms with Crippen molar-refractivity contribution in [2.45, 2.75) is 46.8 Å². The summed E-state index contributed by atoms with van der Waals surface area (Å²) in [5, 5.41) is 23.5. The maximum absolute atomic E-state index is 10.5. The van der Waals surface area contributed by atoms with E-state index in [4.69, 9.17) is 11.6 Å². The standard InChI is InChI=1S/C14H19ClN4O/c1-5-19-12(14(15)10(4)18-19)7-13(20)11-6-8(2)16-17-9(11)3/h6,13,20H,5,7H2,1-4H3. The molecule has 0 amide bonds. The van der Waals surface area contributed by atoms with Crippen LogP contribution in [-0.4, -0.2) is 25.1 Å². The number of halogens is 1. The molecule has 108 valence electrons. The average Bonchev–Trinajstić information content (AvgIpc) is 2.69. The van der Waals surface area contributed by atoms with Gasteiger partial charge < -0.3 is 5.11 Å². The summed E-state index contributed by atoms with van der Waals surface area (Å²) in [4.78, 5) is 0. The van der Waals surface area contributed by atoms with Crippen LogP contribution in [0.5, 0.6) is 0 Å². The first kappa shape index (κ1) is 14.9. The smallest absolute Gasteiger partial charge is 0.0864 e. The lowest BCUT2D eigenvalue weighted by molar-refractivity contribution is 0.174. The number of hydrogen-bond donors (Lipinski definition) is 1. The fourth-order valence-corrected chi connectivity index (χ4v) is 2.48. The monoisotopic (exact) mass is 294 g/mol. The maximum Gasteiger partial charge on any atom is 0.0864 e. The topological polar surface area (TPSA) is 63.8 Å². The highest BCUT2D eigenvalue weighted by atomic mass is 35.5. The third-order valence-corrected chi connectivity index (χ3v) is 3.83. The van der Waals surface area contributed by atoms with E-state index in [0.717, 1.165) is 34.9 Å². The molecule has 0 saturated carbocycles. The van der Waals surface area contributed by atoms with Gasteiger partial charge in [0, 0.05) is 18.5 Å². The Balaban J connectivity index is 2.32. The van der Waals surface area contributed by atoms with E-state index in [1.54, 1.807) is 0 Å². The van der Waals surface area contributed by atoms with E-state index in [9.17, 15) is 5.11 Å². The largest absolute Gasteiger partial charge is 0.388 e. The minimum Gasteiger partial charge on any atom is -0.388 e. The van der Waals surface area contributed by atoms with Gasteiger partial charge in [-0.15, -0.1) is 0 Å². The highest BCUT2D eigenvalue weighted by Gasteiger charge is 2.19. The van der Waals surface area contributed by atoms with Gasteiger partial charge in [-0.3, -0.25) is 4.68 Å². The molecule has 1 atom stereocenters. The van der Waals surface area contributed by atoms with Crippen LogP contribution in [0.25, 0.3) is 0 Å². The Morgan fingerprint density at radius 1 is 1.25 bits per heavy atom. The number of aliphatic hydroxyl groups excluding tert-OH is 1. The van der Waals surface area contributed by atoms with Gasteiger partial charge in [0.2, 0.25) is 0 Å². The van der Waals surface area contributed by atoms with Crippen LogP contribution in [0.4, 0.5) is 0 Å². The first-order chi connectivity index (χ1) is 9.43. The molecule has 1 N–H and O–H groups in total. The van der Waals surface area contributed by atoms with Gasteiger partial charge in [0.15, 0.2) is 0 Å². The van der Waals surface area contributed by atoms with Gasteiger partial charge >= 0.3 is 0 Å². The molecule has 0 aliphatic rings. The summed E-state index contributed by atoms with van der Waals surface area (Å²) < 4.78 is 1.83. The average molecular weight is 295 g/mol. The Morgan fingerprint density at radius 2 is 1.95 bits per heavy atom. The zero-order chi connectivity index (χ0) is 14.9. The fraction of sp³-hybridized carbons (Fsp3) is 0.500. The Kier molecular flexibility index (Phi) is 4.40. The molecule has 0 fully saturated rings. The first-order valence-corrected chi connectivity index (χ1v) is 7.02. The van der Waals surface area contributed by atoms with Gasteiger partial charge in [-0.25, -0.2) is 0 Å². The van der Waals surface area contributed by atoms with Gasteiger partial charge in [0.25, 0.3) is 0 Å². The lowest BCUT2D eigenvalue weighted by atomic mass is 10.0. The SMILES string of the molecule is CCn1nc(C)c(Cl)c1CC(O)c1cc(C)nnc1C. The van der Waals surface area contributed by atoms with Crippen molar-refractivity contribution in [2.24, 2.45) is 0 Å². The minimum absolute atomic E-state index is 0.416. The summed E-state index contributed by atoms with van der Waals surface area (Å²) in [6.07, 6.45) is -0.248. The van der Waals surface area contributed by atoms with E-state index in [2.05, 4.69) is 15.3 Å². The minimum atomic E-state index is -0.664. The molecule has 2 aromatic rings. The number of aromatic nitrogens is 4. The molecule has 0 saturated heterocycles. The molecule has 0 aromatic carbocycles. The second kappa shape index (κ2) is 5.89. The zero-order valence-corrected chi connectivity index (χ0v) is 12.9. The third kappa shape index (κ3) is 2.83. The van der Waals surface area contributed by atoms with E-state index in [-0.39, 0.29) is 0 Å². The molecule has 2 rings (SSSR count). The molecule has 0 aliphatic heterocycles. The first-order valence-electron chi connectivity index (χ1n) is 6.64. The normalized spacial score (nSPS) is 12.7. The van der Waals surface area contributed by atoms with Gasteiger partial charge in [0.1, 0.15) is 0 Å². The molecular formula is C14H19ClN4O. The van der Waals surface area contributed by atoms with Crippen molar-refractivity contribution in [2.75, 3.05) is 0 Å². The van der Waals surface area contributed by atoms with Crippen molar-refractivity contribution in [3.63, 3.8) is 0 Å². The molecule has 6 heteroatoms. The third-order valence-electron chi connectivity index (χ3n) is 3.34. The van der Waals surface area contributed by atoms with Gasteiger partial charge in [0.05, 0.1) is 33.9 Å². The Labute approximate surface area is 123 Å². The lowest BCUT2D eigenvalue weighted by Crippen LogP contribution is -2.11. The second-order valence-electron chi connectivity index (χ2n) is 4.91. The molecule has 5 nitrogen and oxygen atoms in total. The van der Waals surface area contributed by atoms with Crippen LogP contribution in [0, 0.1) is 20.8 Å². The van der Waals surface area contributed by atoms with E-state index in [1.807, 2.05) is 38.4 Å². The molecule has 0 aliphatic carbocycles. The molecule has 1 unspecified atom stereocenters. The zero-order valence-electron chi connectivity index (χ0n) is 12.2. The van der Waals surface area contributed by atoms with Crippen molar-refractivity contribution in [3.8, 4) is 0 Å². The Morgan fingerprint density at radius 3 is 2.60 bits per heavy atom. The number of hydrogen-bond acceptors (Lipinski definition) is 4. The quantitative estimate of drug-likeness (QED) is 0.941. The lowest BCUT2D eigenvalue weighted by Gasteiger charge is -2.14. The second-order valence-corrected chi connectivity index (χ2v) is 5.29. The number of aliphatic hydroxyl groups is 1. The summed E-state index contributed by atoms with van der Waals surface area (Å²) in [6, 6.07) is 1.86. The van der Waals surface area contributed by atoms with Crippen molar-refractivity contribution < 1.29 is 5.11 Å². The highest BCUT2D eigenvalue weighted by molar-refractivity contribution is 6.31. The van der Waals surface area contributed by atoms with Crippen LogP contribution in [0.15, 0.2) is 6.07 Å². The van der Waals surface area contributed by atoms with Crippen LogP contribution in [0.2, 0.25) is 5.02 Å². The summed E-state index contributed by atoms with van der Waals surface area (Å²) in [5.74, 6) is 0. The van der Waals surface area contributed by atoms with Crippen LogP contribution in [0.3, 0.4) is 0 Å². The maximum atomic E-state index is 10.5. The van der Waals surface area contributed by atoms with Crippen molar-refractivity contribution in [1.29, 1.82) is 0 Å². The van der Waals surface area contributed by atoms with Crippen molar-refractivity contribution in [1.82, 2.24) is 20.0 Å². The van der Waals surface area contributed by atoms with Crippen LogP contribution in [0.1, 0.15) is 41.4 Å². The molecule has 2 heterocycles. The van der Waals surface area contributed by atoms with Gasteiger partial charge in [-0.05, 0) is 33.8 Å². The Bertz CT molecular complexity index is 624. The fourth-order valence-electron chi connectivity index (χ4n) is 2.26. The number of rotatable bonds is 4. The van der Waals surface area contributed by atoms with Crippen molar-refractivity contribution >= 4 is 11.6 Å². The summed E-state index contributed by atoms with van der Waals surface area (Å²) >= 11 is 6.27. The van der Waals surface area contributed by atoms with E-state index >= 15 is 0 Å². The molecular weight excluding hydrogens is 276 g/mol. The number of nitrogens with zero attached hydrogens (tertiary/aromatic N) is 4. The van der Waals surface area contributed by atoms with Crippen molar-refractivity contribution in [3.05, 3.63) is 39.4 Å². The molecule has 0 bridgehead atoms. The predicted octanol–water partition coefficient (Wildman–Crippen LogP) is 2.55. The summed E-state index contributed by atoms with van der Waals surface area (Å²) in [5.41, 5.74) is 3.95. The van der Waals surface area contributed by atoms with Crippen LogP contribution >= 0.6 is 11.6 Å². The highest BCUT2D eigenvalue weighted by Crippen LogP contribution is 2.27. The van der Waals surface area contributed by atoms with Crippen LogP contribution < -0.4 is 0 Å². The summed E-state index contributed by atoms with van der Waals surface area (Å²) in [6.45, 7) is 8.29. The van der Waals surface area contributed by atoms with Crippen LogP contribution in [-0.2, 0) is 13.0 Å². The number of aryl methyl sites for hydroxylation is 4. The Hall–Kier alpha value is -1.46.